The van der Waals surface area contributed by atoms with Gasteiger partial charge in [-0.15, -0.1) is 0 Å². The first-order valence-electron chi connectivity index (χ1n) is 23.5. The van der Waals surface area contributed by atoms with Crippen LogP contribution in [-0.2, 0) is 4.79 Å². The second-order valence-corrected chi connectivity index (χ2v) is 20.0. The number of nitrogens with one attached hydrogen (secondary N) is 2. The van der Waals surface area contributed by atoms with E-state index in [-0.39, 0.29) is 5.12 Å². The van der Waals surface area contributed by atoms with Crippen molar-refractivity contribution in [2.45, 2.75) is 74.1 Å². The number of thioether (sulfide) groups is 1. The Kier molecular flexibility index (Phi) is 11.8. The summed E-state index contributed by atoms with van der Waals surface area (Å²) in [6.45, 7) is 21.3. The molecular weight excluding hydrogens is 861 g/mol. The standard InChI is InChI=1S/C63H54N4OS/c1-35-29-38(4)57(39(5)30-35)61-51-23-21-49(64-51)60(47-17-13-45(14-18-47)11-12-46-15-19-48(20-16-46)69-44(10)68)50-22-24-52(65-50)62(58-40(6)31-36(2)32-41(58)7)54-26-28-56(67-54)63(55-27-25-53(61)66-55)59-42(8)33-37(3)34-43(59)9/h13-34,64-65H,1-10H3. The Morgan fingerprint density at radius 3 is 1.09 bits per heavy atom. The van der Waals surface area contributed by atoms with Crippen LogP contribution in [0.4, 0.5) is 0 Å². The predicted molar refractivity (Wildman–Crippen MR) is 292 cm³/mol. The van der Waals surface area contributed by atoms with Crippen LogP contribution >= 0.6 is 11.8 Å². The lowest BCUT2D eigenvalue weighted by Crippen LogP contribution is -1.97. The fourth-order valence-corrected chi connectivity index (χ4v) is 11.3. The highest BCUT2D eigenvalue weighted by Gasteiger charge is 2.23. The summed E-state index contributed by atoms with van der Waals surface area (Å²) < 4.78 is 0. The summed E-state index contributed by atoms with van der Waals surface area (Å²) in [5, 5.41) is 0.0631. The maximum Gasteiger partial charge on any atom is 0.190 e. The van der Waals surface area contributed by atoms with Gasteiger partial charge >= 0.3 is 0 Å². The number of benzene rings is 5. The lowest BCUT2D eigenvalue weighted by atomic mass is 9.92. The van der Waals surface area contributed by atoms with Gasteiger partial charge in [-0.3, -0.25) is 4.79 Å². The van der Waals surface area contributed by atoms with Crippen LogP contribution < -0.4 is 0 Å². The molecule has 0 fully saturated rings. The third kappa shape index (κ3) is 8.71. The smallest absolute Gasteiger partial charge is 0.190 e. The summed E-state index contributed by atoms with van der Waals surface area (Å²) in [4.78, 5) is 31.7. The van der Waals surface area contributed by atoms with Gasteiger partial charge < -0.3 is 9.97 Å². The highest BCUT2D eigenvalue weighted by Crippen LogP contribution is 2.42. The lowest BCUT2D eigenvalue weighted by Gasteiger charge is -2.14. The Balaban J connectivity index is 1.30. The summed E-state index contributed by atoms with van der Waals surface area (Å²) in [6, 6.07) is 38.7. The van der Waals surface area contributed by atoms with Gasteiger partial charge in [0.25, 0.3) is 0 Å². The molecule has 2 aliphatic heterocycles. The van der Waals surface area contributed by atoms with Gasteiger partial charge in [0.2, 0.25) is 0 Å². The SMILES string of the molecule is CC(=O)Sc1ccc(C#Cc2ccc(-c3c4ccc([nH]4)c(-c4c(C)cc(C)cc4C)c4nc(c(-c5c(C)cc(C)cc5C)c5nc(c(-c6c(C)cc(C)cc6C)c6ccc3[nH]6)C=C5)C=C4)cc2)cc1. The number of fused-ring (bicyclic) bond motifs is 8. The first-order chi connectivity index (χ1) is 33.2. The van der Waals surface area contributed by atoms with Crippen LogP contribution in [0.25, 0.3) is 90.9 Å². The number of aromatic nitrogens is 4. The van der Waals surface area contributed by atoms with E-state index in [0.29, 0.717) is 0 Å². The van der Waals surface area contributed by atoms with E-state index in [1.807, 2.05) is 24.3 Å². The Hall–Kier alpha value is -7.72. The largest absolute Gasteiger partial charge is 0.354 e. The molecule has 3 aromatic heterocycles. The minimum Gasteiger partial charge on any atom is -0.354 e. The molecule has 0 saturated heterocycles. The Bertz CT molecular complexity index is 3530. The van der Waals surface area contributed by atoms with E-state index in [0.717, 1.165) is 94.2 Å². The monoisotopic (exact) mass is 914 g/mol. The molecule has 0 saturated carbocycles. The van der Waals surface area contributed by atoms with Gasteiger partial charge in [0.15, 0.2) is 5.12 Å². The molecule has 8 aromatic rings. The van der Waals surface area contributed by atoms with Crippen LogP contribution in [0.5, 0.6) is 0 Å². The number of hydrogen-bond donors (Lipinski definition) is 2. The molecule has 0 radical (unpaired) electrons. The van der Waals surface area contributed by atoms with E-state index in [1.165, 1.54) is 73.0 Å². The molecule has 5 nitrogen and oxygen atoms in total. The van der Waals surface area contributed by atoms with Crippen LogP contribution in [-0.4, -0.2) is 25.1 Å². The van der Waals surface area contributed by atoms with Gasteiger partial charge in [0, 0.05) is 67.3 Å². The van der Waals surface area contributed by atoms with Crippen molar-refractivity contribution in [1.82, 2.24) is 19.9 Å². The maximum absolute atomic E-state index is 11.6. The zero-order chi connectivity index (χ0) is 48.2. The summed E-state index contributed by atoms with van der Waals surface area (Å²) in [5.74, 6) is 6.67. The predicted octanol–water partition coefficient (Wildman–Crippen LogP) is 16.1. The molecule has 0 spiro atoms. The first kappa shape index (κ1) is 45.1. The number of hydrogen-bond acceptors (Lipinski definition) is 4. The molecule has 10 rings (SSSR count). The van der Waals surface area contributed by atoms with E-state index in [9.17, 15) is 4.79 Å². The number of nitrogens with zero attached hydrogens (tertiary/aromatic N) is 2. The minimum absolute atomic E-state index is 0.0631. The fourth-order valence-electron chi connectivity index (χ4n) is 10.7. The van der Waals surface area contributed by atoms with Crippen molar-refractivity contribution in [3.8, 4) is 56.3 Å². The van der Waals surface area contributed by atoms with Crippen molar-refractivity contribution < 1.29 is 4.79 Å². The van der Waals surface area contributed by atoms with Gasteiger partial charge in [-0.05, 0) is 203 Å². The molecule has 0 atom stereocenters. The molecule has 6 heteroatoms. The van der Waals surface area contributed by atoms with Crippen molar-refractivity contribution in [2.24, 2.45) is 0 Å². The van der Waals surface area contributed by atoms with Gasteiger partial charge in [0.1, 0.15) is 0 Å². The van der Waals surface area contributed by atoms with Gasteiger partial charge in [-0.2, -0.15) is 0 Å². The maximum atomic E-state index is 11.6. The van der Waals surface area contributed by atoms with Crippen LogP contribution in [0, 0.1) is 74.2 Å². The third-order valence-corrected chi connectivity index (χ3v) is 14.0. The highest BCUT2D eigenvalue weighted by molar-refractivity contribution is 8.13. The topological polar surface area (TPSA) is 74.4 Å². The van der Waals surface area contributed by atoms with Gasteiger partial charge in [-0.25, -0.2) is 9.97 Å². The number of aromatic amines is 2. The summed E-state index contributed by atoms with van der Waals surface area (Å²) in [5.41, 5.74) is 28.8. The molecule has 2 N–H and O–H groups in total. The van der Waals surface area contributed by atoms with E-state index >= 15 is 0 Å². The number of carbonyl (C=O) groups is 1. The molecular formula is C63H54N4OS. The first-order valence-corrected chi connectivity index (χ1v) is 24.3. The number of H-pyrrole nitrogens is 2. The molecule has 69 heavy (non-hydrogen) atoms. The number of rotatable bonds is 5. The lowest BCUT2D eigenvalue weighted by molar-refractivity contribution is -0.109. The van der Waals surface area contributed by atoms with Crippen molar-refractivity contribution in [3.63, 3.8) is 0 Å². The van der Waals surface area contributed by atoms with Crippen molar-refractivity contribution >= 4 is 63.2 Å². The quantitative estimate of drug-likeness (QED) is 0.133. The molecule has 2 aliphatic rings. The molecule has 8 bridgehead atoms. The highest BCUT2D eigenvalue weighted by atomic mass is 32.2. The van der Waals surface area contributed by atoms with E-state index in [4.69, 9.17) is 9.97 Å². The summed E-state index contributed by atoms with van der Waals surface area (Å²) >= 11 is 1.23. The van der Waals surface area contributed by atoms with Crippen LogP contribution in [0.2, 0.25) is 0 Å². The van der Waals surface area contributed by atoms with E-state index in [1.54, 1.807) is 6.92 Å². The zero-order valence-corrected chi connectivity index (χ0v) is 41.7. The minimum atomic E-state index is 0.0631. The summed E-state index contributed by atoms with van der Waals surface area (Å²) in [7, 11) is 0. The van der Waals surface area contributed by atoms with E-state index in [2.05, 4.69) is 193 Å². The van der Waals surface area contributed by atoms with Crippen molar-refractivity contribution in [2.75, 3.05) is 0 Å². The second-order valence-electron chi connectivity index (χ2n) is 18.8. The summed E-state index contributed by atoms with van der Waals surface area (Å²) in [6.07, 6.45) is 8.72. The molecule has 0 aliphatic carbocycles. The average molecular weight is 915 g/mol. The number of aryl methyl sites for hydroxylation is 9. The van der Waals surface area contributed by atoms with Crippen molar-refractivity contribution in [1.29, 1.82) is 0 Å². The molecule has 0 unspecified atom stereocenters. The second kappa shape index (κ2) is 18.1. The van der Waals surface area contributed by atoms with Crippen LogP contribution in [0.3, 0.4) is 0 Å². The third-order valence-electron chi connectivity index (χ3n) is 13.2. The molecule has 338 valence electrons. The fraction of sp³-hybridized carbons (Fsp3) is 0.159. The van der Waals surface area contributed by atoms with Crippen LogP contribution in [0.1, 0.15) is 90.9 Å². The Labute approximate surface area is 409 Å². The zero-order valence-electron chi connectivity index (χ0n) is 40.9. The Morgan fingerprint density at radius 2 is 0.725 bits per heavy atom. The van der Waals surface area contributed by atoms with Gasteiger partial charge in [0.05, 0.1) is 22.8 Å². The van der Waals surface area contributed by atoms with Gasteiger partial charge in [-0.1, -0.05) is 88.8 Å². The number of carbonyl (C=O) groups excluding carboxylic acids is 1. The molecule has 0 amide bonds. The normalized spacial score (nSPS) is 11.8. The van der Waals surface area contributed by atoms with Crippen molar-refractivity contribution in [3.05, 3.63) is 193 Å². The average Bonchev–Trinajstić information content (AvgIpc) is 4.14. The van der Waals surface area contributed by atoms with E-state index < -0.39 is 0 Å². The Morgan fingerprint density at radius 1 is 0.406 bits per heavy atom. The van der Waals surface area contributed by atoms with Crippen LogP contribution in [0.15, 0.2) is 114 Å². The molecule has 5 heterocycles. The molecule has 5 aromatic carbocycles.